The molecular formula is C15H16FNO2S. The molecule has 5 heteroatoms. The van der Waals surface area contributed by atoms with Crippen molar-refractivity contribution in [3.8, 4) is 0 Å². The SMILES string of the molecule is Cc1ccc(S(=O)(=O)Cc2cc(N)cc(F)c2)c(C)c1. The van der Waals surface area contributed by atoms with Gasteiger partial charge in [-0.15, -0.1) is 0 Å². The van der Waals surface area contributed by atoms with Gasteiger partial charge in [0.15, 0.2) is 9.84 Å². The molecule has 2 rings (SSSR count). The van der Waals surface area contributed by atoms with E-state index < -0.39 is 15.7 Å². The summed E-state index contributed by atoms with van der Waals surface area (Å²) in [6.07, 6.45) is 0. The highest BCUT2D eigenvalue weighted by atomic mass is 32.2. The lowest BCUT2D eigenvalue weighted by atomic mass is 10.2. The Balaban J connectivity index is 2.40. The van der Waals surface area contributed by atoms with Gasteiger partial charge in [0.25, 0.3) is 0 Å². The summed E-state index contributed by atoms with van der Waals surface area (Å²) in [6.45, 7) is 3.65. The number of nitrogens with two attached hydrogens (primary N) is 1. The van der Waals surface area contributed by atoms with Crippen molar-refractivity contribution in [2.75, 3.05) is 5.73 Å². The minimum absolute atomic E-state index is 0.218. The molecule has 0 saturated carbocycles. The predicted octanol–water partition coefficient (Wildman–Crippen LogP) is 3.00. The summed E-state index contributed by atoms with van der Waals surface area (Å²) in [5.74, 6) is -0.797. The second kappa shape index (κ2) is 5.25. The molecule has 0 spiro atoms. The quantitative estimate of drug-likeness (QED) is 0.885. The van der Waals surface area contributed by atoms with E-state index in [-0.39, 0.29) is 16.3 Å². The summed E-state index contributed by atoms with van der Waals surface area (Å²) in [5.41, 5.74) is 7.79. The summed E-state index contributed by atoms with van der Waals surface area (Å²) < 4.78 is 38.0. The van der Waals surface area contributed by atoms with E-state index in [9.17, 15) is 12.8 Å². The number of benzene rings is 2. The van der Waals surface area contributed by atoms with Crippen molar-refractivity contribution in [2.45, 2.75) is 24.5 Å². The predicted molar refractivity (Wildman–Crippen MR) is 77.6 cm³/mol. The highest BCUT2D eigenvalue weighted by Gasteiger charge is 2.18. The highest BCUT2D eigenvalue weighted by molar-refractivity contribution is 7.90. The fraction of sp³-hybridized carbons (Fsp3) is 0.200. The summed E-state index contributed by atoms with van der Waals surface area (Å²) in [6, 6.07) is 8.98. The molecule has 0 saturated heterocycles. The number of halogens is 1. The van der Waals surface area contributed by atoms with Gasteiger partial charge in [-0.1, -0.05) is 17.7 Å². The van der Waals surface area contributed by atoms with Crippen molar-refractivity contribution in [2.24, 2.45) is 0 Å². The van der Waals surface area contributed by atoms with Crippen LogP contribution in [0.2, 0.25) is 0 Å². The lowest BCUT2D eigenvalue weighted by Gasteiger charge is -2.09. The maximum atomic E-state index is 13.3. The first kappa shape index (κ1) is 14.5. The highest BCUT2D eigenvalue weighted by Crippen LogP contribution is 2.22. The topological polar surface area (TPSA) is 60.2 Å². The Hall–Kier alpha value is -1.88. The summed E-state index contributed by atoms with van der Waals surface area (Å²) in [7, 11) is -3.52. The van der Waals surface area contributed by atoms with Gasteiger partial charge in [-0.2, -0.15) is 0 Å². The van der Waals surface area contributed by atoms with Crippen LogP contribution in [0.25, 0.3) is 0 Å². The van der Waals surface area contributed by atoms with Crippen LogP contribution < -0.4 is 5.73 Å². The molecule has 20 heavy (non-hydrogen) atoms. The molecule has 0 aromatic heterocycles. The standard InChI is InChI=1S/C15H16FNO2S/c1-10-3-4-15(11(2)5-10)20(18,19)9-12-6-13(16)8-14(17)7-12/h3-8H,9,17H2,1-2H3. The smallest absolute Gasteiger partial charge is 0.182 e. The average Bonchev–Trinajstić information content (AvgIpc) is 2.25. The maximum Gasteiger partial charge on any atom is 0.182 e. The summed E-state index contributed by atoms with van der Waals surface area (Å²) in [5, 5.41) is 0. The Morgan fingerprint density at radius 1 is 1.10 bits per heavy atom. The van der Waals surface area contributed by atoms with Gasteiger partial charge in [0.2, 0.25) is 0 Å². The normalized spacial score (nSPS) is 11.6. The third kappa shape index (κ3) is 3.17. The average molecular weight is 293 g/mol. The first-order valence-corrected chi connectivity index (χ1v) is 7.78. The molecular weight excluding hydrogens is 277 g/mol. The fourth-order valence-corrected chi connectivity index (χ4v) is 3.79. The lowest BCUT2D eigenvalue weighted by Crippen LogP contribution is -2.07. The number of sulfone groups is 1. The van der Waals surface area contributed by atoms with Crippen molar-refractivity contribution < 1.29 is 12.8 Å². The number of hydrogen-bond donors (Lipinski definition) is 1. The molecule has 0 radical (unpaired) electrons. The molecule has 0 aliphatic heterocycles. The van der Waals surface area contributed by atoms with Crippen LogP contribution in [0.1, 0.15) is 16.7 Å². The molecule has 0 aliphatic carbocycles. The maximum absolute atomic E-state index is 13.3. The van der Waals surface area contributed by atoms with Gasteiger partial charge >= 0.3 is 0 Å². The Labute approximate surface area is 118 Å². The number of rotatable bonds is 3. The number of nitrogen functional groups attached to an aromatic ring is 1. The van der Waals surface area contributed by atoms with Crippen LogP contribution in [0.3, 0.4) is 0 Å². The van der Waals surface area contributed by atoms with Crippen molar-refractivity contribution in [1.82, 2.24) is 0 Å². The molecule has 0 aliphatic rings. The largest absolute Gasteiger partial charge is 0.399 e. The van der Waals surface area contributed by atoms with Crippen LogP contribution in [-0.4, -0.2) is 8.42 Å². The Morgan fingerprint density at radius 2 is 1.80 bits per heavy atom. The number of anilines is 1. The van der Waals surface area contributed by atoms with Crippen LogP contribution in [0.15, 0.2) is 41.3 Å². The zero-order chi connectivity index (χ0) is 14.9. The third-order valence-electron chi connectivity index (χ3n) is 3.00. The van der Waals surface area contributed by atoms with Gasteiger partial charge < -0.3 is 5.73 Å². The molecule has 0 fully saturated rings. The van der Waals surface area contributed by atoms with E-state index in [0.29, 0.717) is 11.1 Å². The monoisotopic (exact) mass is 293 g/mol. The van der Waals surface area contributed by atoms with Crippen molar-refractivity contribution in [3.05, 3.63) is 58.9 Å². The van der Waals surface area contributed by atoms with E-state index in [1.165, 1.54) is 12.1 Å². The van der Waals surface area contributed by atoms with Crippen LogP contribution in [0, 0.1) is 19.7 Å². The molecule has 0 amide bonds. The second-order valence-electron chi connectivity index (χ2n) is 4.92. The molecule has 0 heterocycles. The Morgan fingerprint density at radius 3 is 2.40 bits per heavy atom. The minimum Gasteiger partial charge on any atom is -0.399 e. The minimum atomic E-state index is -3.52. The summed E-state index contributed by atoms with van der Waals surface area (Å²) >= 11 is 0. The van der Waals surface area contributed by atoms with Gasteiger partial charge in [-0.05, 0) is 49.2 Å². The van der Waals surface area contributed by atoms with Gasteiger partial charge in [0.1, 0.15) is 5.82 Å². The zero-order valence-electron chi connectivity index (χ0n) is 11.4. The molecule has 0 unspecified atom stereocenters. The second-order valence-corrected chi connectivity index (χ2v) is 6.88. The molecule has 2 N–H and O–H groups in total. The molecule has 2 aromatic rings. The molecule has 2 aromatic carbocycles. The van der Waals surface area contributed by atoms with E-state index in [1.807, 2.05) is 13.0 Å². The van der Waals surface area contributed by atoms with Gasteiger partial charge in [0, 0.05) is 5.69 Å². The lowest BCUT2D eigenvalue weighted by molar-refractivity contribution is 0.594. The van der Waals surface area contributed by atoms with E-state index in [0.717, 1.165) is 11.6 Å². The first-order chi connectivity index (χ1) is 9.28. The molecule has 106 valence electrons. The zero-order valence-corrected chi connectivity index (χ0v) is 12.2. The number of hydrogen-bond acceptors (Lipinski definition) is 3. The van der Waals surface area contributed by atoms with Crippen LogP contribution >= 0.6 is 0 Å². The van der Waals surface area contributed by atoms with Crippen LogP contribution in [0.5, 0.6) is 0 Å². The Kier molecular flexibility index (Phi) is 3.81. The molecule has 0 atom stereocenters. The van der Waals surface area contributed by atoms with E-state index in [1.54, 1.807) is 19.1 Å². The van der Waals surface area contributed by atoms with Gasteiger partial charge in [-0.3, -0.25) is 0 Å². The van der Waals surface area contributed by atoms with Crippen molar-refractivity contribution >= 4 is 15.5 Å². The van der Waals surface area contributed by atoms with E-state index in [4.69, 9.17) is 5.73 Å². The van der Waals surface area contributed by atoms with E-state index >= 15 is 0 Å². The Bertz CT molecular complexity index is 734. The van der Waals surface area contributed by atoms with Crippen LogP contribution in [0.4, 0.5) is 10.1 Å². The molecule has 0 bridgehead atoms. The van der Waals surface area contributed by atoms with E-state index in [2.05, 4.69) is 0 Å². The fourth-order valence-electron chi connectivity index (χ4n) is 2.20. The van der Waals surface area contributed by atoms with Gasteiger partial charge in [-0.25, -0.2) is 12.8 Å². The third-order valence-corrected chi connectivity index (χ3v) is 4.84. The first-order valence-electron chi connectivity index (χ1n) is 6.13. The van der Waals surface area contributed by atoms with Crippen molar-refractivity contribution in [3.63, 3.8) is 0 Å². The van der Waals surface area contributed by atoms with Gasteiger partial charge in [0.05, 0.1) is 10.6 Å². The van der Waals surface area contributed by atoms with Crippen molar-refractivity contribution in [1.29, 1.82) is 0 Å². The summed E-state index contributed by atoms with van der Waals surface area (Å²) in [4.78, 5) is 0.269. The number of aryl methyl sites for hydroxylation is 2. The van der Waals surface area contributed by atoms with Crippen LogP contribution in [-0.2, 0) is 15.6 Å². The molecule has 3 nitrogen and oxygen atoms in total.